The van der Waals surface area contributed by atoms with Gasteiger partial charge in [0.2, 0.25) is 0 Å². The van der Waals surface area contributed by atoms with Crippen LogP contribution in [0.1, 0.15) is 28.3 Å². The minimum atomic E-state index is 0.0832. The number of para-hydroxylation sites is 2. The van der Waals surface area contributed by atoms with E-state index in [1.165, 1.54) is 55.4 Å². The molecule has 4 aromatic carbocycles. The highest BCUT2D eigenvalue weighted by Crippen LogP contribution is 2.45. The molecule has 0 bridgehead atoms. The molecule has 0 saturated carbocycles. The number of hydrogen-bond donors (Lipinski definition) is 1. The Labute approximate surface area is 194 Å². The first-order valence-corrected chi connectivity index (χ1v) is 11.5. The molecule has 0 amide bonds. The van der Waals surface area contributed by atoms with E-state index in [2.05, 4.69) is 133 Å². The summed E-state index contributed by atoms with van der Waals surface area (Å²) in [5.41, 5.74) is 10.2. The average molecular weight is 427 g/mol. The summed E-state index contributed by atoms with van der Waals surface area (Å²) in [6.45, 7) is 2.25. The summed E-state index contributed by atoms with van der Waals surface area (Å²) in [4.78, 5) is 3.80. The van der Waals surface area contributed by atoms with Crippen LogP contribution in [0.15, 0.2) is 109 Å². The Hall–Kier alpha value is -4.04. The molecular weight excluding hydrogens is 400 g/mol. The molecule has 6 aromatic rings. The third-order valence-electron chi connectivity index (χ3n) is 6.91. The van der Waals surface area contributed by atoms with Crippen molar-refractivity contribution in [3.05, 3.63) is 132 Å². The Morgan fingerprint density at radius 3 is 2.00 bits per heavy atom. The largest absolute Gasteiger partial charge is 0.357 e. The maximum Gasteiger partial charge on any atom is 0.0531 e. The van der Waals surface area contributed by atoms with Crippen molar-refractivity contribution < 1.29 is 0 Å². The molecule has 0 saturated heterocycles. The lowest BCUT2D eigenvalue weighted by atomic mass is 9.84. The molecule has 1 atom stereocenters. The van der Waals surface area contributed by atoms with Gasteiger partial charge in [0.25, 0.3) is 0 Å². The highest BCUT2D eigenvalue weighted by molar-refractivity contribution is 5.94. The van der Waals surface area contributed by atoms with Gasteiger partial charge >= 0.3 is 0 Å². The SMILES string of the molecule is Cc1c(C(c2ccccc2)c2c(-c3ccccc3)n(C)c3ccccc23)[nH]c2ccccc12. The van der Waals surface area contributed by atoms with Gasteiger partial charge in [-0.05, 0) is 41.3 Å². The van der Waals surface area contributed by atoms with E-state index in [-0.39, 0.29) is 5.92 Å². The van der Waals surface area contributed by atoms with Gasteiger partial charge in [-0.1, -0.05) is 97.1 Å². The molecule has 2 aromatic heterocycles. The fourth-order valence-electron chi connectivity index (χ4n) is 5.37. The second kappa shape index (κ2) is 7.83. The van der Waals surface area contributed by atoms with Gasteiger partial charge < -0.3 is 9.55 Å². The Bertz CT molecular complexity index is 1570. The number of nitrogens with zero attached hydrogens (tertiary/aromatic N) is 1. The van der Waals surface area contributed by atoms with Crippen molar-refractivity contribution in [1.82, 2.24) is 9.55 Å². The lowest BCUT2D eigenvalue weighted by Gasteiger charge is -2.21. The fraction of sp³-hybridized carbons (Fsp3) is 0.0968. The van der Waals surface area contributed by atoms with Gasteiger partial charge in [0, 0.05) is 34.5 Å². The molecule has 2 heteroatoms. The lowest BCUT2D eigenvalue weighted by Crippen LogP contribution is -2.07. The number of H-pyrrole nitrogens is 1. The summed E-state index contributed by atoms with van der Waals surface area (Å²) in [5, 5.41) is 2.58. The van der Waals surface area contributed by atoms with Crippen LogP contribution >= 0.6 is 0 Å². The van der Waals surface area contributed by atoms with Crippen molar-refractivity contribution in [2.45, 2.75) is 12.8 Å². The van der Waals surface area contributed by atoms with E-state index in [4.69, 9.17) is 0 Å². The molecule has 160 valence electrons. The summed E-state index contributed by atoms with van der Waals surface area (Å²) in [5.74, 6) is 0.0832. The third-order valence-corrected chi connectivity index (χ3v) is 6.91. The van der Waals surface area contributed by atoms with Crippen LogP contribution in [0.5, 0.6) is 0 Å². The summed E-state index contributed by atoms with van der Waals surface area (Å²) >= 11 is 0. The average Bonchev–Trinajstić information content (AvgIpc) is 3.36. The Kier molecular flexibility index (Phi) is 4.66. The van der Waals surface area contributed by atoms with Crippen molar-refractivity contribution in [2.24, 2.45) is 7.05 Å². The van der Waals surface area contributed by atoms with Gasteiger partial charge in [0.1, 0.15) is 0 Å². The van der Waals surface area contributed by atoms with Crippen LogP contribution in [-0.4, -0.2) is 9.55 Å². The number of rotatable bonds is 4. The number of aryl methyl sites for hydroxylation is 2. The van der Waals surface area contributed by atoms with E-state index < -0.39 is 0 Å². The maximum absolute atomic E-state index is 3.80. The van der Waals surface area contributed by atoms with Crippen LogP contribution in [0.4, 0.5) is 0 Å². The zero-order valence-electron chi connectivity index (χ0n) is 18.9. The first-order valence-electron chi connectivity index (χ1n) is 11.5. The predicted molar refractivity (Wildman–Crippen MR) is 139 cm³/mol. The van der Waals surface area contributed by atoms with Gasteiger partial charge in [-0.25, -0.2) is 0 Å². The molecule has 1 unspecified atom stereocenters. The lowest BCUT2D eigenvalue weighted by molar-refractivity contribution is 0.911. The maximum atomic E-state index is 3.80. The van der Waals surface area contributed by atoms with E-state index in [1.54, 1.807) is 0 Å². The topological polar surface area (TPSA) is 20.7 Å². The van der Waals surface area contributed by atoms with Crippen LogP contribution in [0.2, 0.25) is 0 Å². The monoisotopic (exact) mass is 426 g/mol. The highest BCUT2D eigenvalue weighted by atomic mass is 15.0. The first kappa shape index (κ1) is 19.6. The van der Waals surface area contributed by atoms with E-state index in [0.717, 1.165) is 0 Å². The third kappa shape index (κ3) is 3.10. The van der Waals surface area contributed by atoms with Gasteiger partial charge in [-0.2, -0.15) is 0 Å². The number of aromatic amines is 1. The molecule has 1 N–H and O–H groups in total. The van der Waals surface area contributed by atoms with Crippen LogP contribution in [0.25, 0.3) is 33.1 Å². The molecule has 0 radical (unpaired) electrons. The second-order valence-electron chi connectivity index (χ2n) is 8.76. The number of hydrogen-bond acceptors (Lipinski definition) is 0. The first-order chi connectivity index (χ1) is 16.2. The van der Waals surface area contributed by atoms with Crippen molar-refractivity contribution >= 4 is 21.8 Å². The number of benzene rings is 4. The molecule has 2 heterocycles. The molecule has 0 fully saturated rings. The normalized spacial score (nSPS) is 12.4. The Morgan fingerprint density at radius 2 is 1.27 bits per heavy atom. The quantitative estimate of drug-likeness (QED) is 0.297. The molecule has 6 rings (SSSR count). The molecule has 0 aliphatic carbocycles. The van der Waals surface area contributed by atoms with E-state index in [9.17, 15) is 0 Å². The number of aromatic nitrogens is 2. The van der Waals surface area contributed by atoms with E-state index in [0.29, 0.717) is 0 Å². The zero-order chi connectivity index (χ0) is 22.4. The highest BCUT2D eigenvalue weighted by Gasteiger charge is 2.29. The Morgan fingerprint density at radius 1 is 0.667 bits per heavy atom. The van der Waals surface area contributed by atoms with Gasteiger partial charge in [-0.15, -0.1) is 0 Å². The van der Waals surface area contributed by atoms with Crippen LogP contribution in [0, 0.1) is 6.92 Å². The van der Waals surface area contributed by atoms with Gasteiger partial charge in [0.15, 0.2) is 0 Å². The van der Waals surface area contributed by atoms with Gasteiger partial charge in [-0.3, -0.25) is 0 Å². The summed E-state index contributed by atoms with van der Waals surface area (Å²) in [6.07, 6.45) is 0. The van der Waals surface area contributed by atoms with Crippen LogP contribution in [0.3, 0.4) is 0 Å². The summed E-state index contributed by atoms with van der Waals surface area (Å²) in [7, 11) is 2.19. The van der Waals surface area contributed by atoms with E-state index >= 15 is 0 Å². The fourth-order valence-corrected chi connectivity index (χ4v) is 5.37. The Balaban J connectivity index is 1.75. The second-order valence-corrected chi connectivity index (χ2v) is 8.76. The standard InChI is InChI=1S/C31H26N2/c1-21-24-17-9-11-19-26(24)32-30(21)28(22-13-5-3-6-14-22)29-25-18-10-12-20-27(25)33(2)31(29)23-15-7-4-8-16-23/h3-20,28,32H,1-2H3. The van der Waals surface area contributed by atoms with Crippen molar-refractivity contribution in [1.29, 1.82) is 0 Å². The molecular formula is C31H26N2. The minimum absolute atomic E-state index is 0.0832. The predicted octanol–water partition coefficient (Wildman–Crippen LogP) is 7.82. The number of fused-ring (bicyclic) bond motifs is 2. The van der Waals surface area contributed by atoms with Crippen molar-refractivity contribution in [3.63, 3.8) is 0 Å². The molecule has 33 heavy (non-hydrogen) atoms. The summed E-state index contributed by atoms with van der Waals surface area (Å²) in [6, 6.07) is 39.1. The zero-order valence-corrected chi connectivity index (χ0v) is 18.9. The molecule has 0 aliphatic rings. The van der Waals surface area contributed by atoms with Gasteiger partial charge in [0.05, 0.1) is 11.6 Å². The molecule has 2 nitrogen and oxygen atoms in total. The summed E-state index contributed by atoms with van der Waals surface area (Å²) < 4.78 is 2.36. The minimum Gasteiger partial charge on any atom is -0.357 e. The van der Waals surface area contributed by atoms with Crippen LogP contribution < -0.4 is 0 Å². The number of nitrogens with one attached hydrogen (secondary N) is 1. The van der Waals surface area contributed by atoms with Crippen LogP contribution in [-0.2, 0) is 7.05 Å². The van der Waals surface area contributed by atoms with Crippen molar-refractivity contribution in [2.75, 3.05) is 0 Å². The molecule has 0 aliphatic heterocycles. The molecule has 0 spiro atoms. The van der Waals surface area contributed by atoms with E-state index in [1.807, 2.05) is 0 Å². The van der Waals surface area contributed by atoms with Crippen molar-refractivity contribution in [3.8, 4) is 11.3 Å². The smallest absolute Gasteiger partial charge is 0.0531 e.